The van der Waals surface area contributed by atoms with Crippen LogP contribution in [0.25, 0.3) is 0 Å². The van der Waals surface area contributed by atoms with Crippen LogP contribution in [-0.2, 0) is 21.2 Å². The van der Waals surface area contributed by atoms with Crippen LogP contribution in [0.2, 0.25) is 0 Å². The Kier molecular flexibility index (Phi) is 6.82. The first-order valence-electron chi connectivity index (χ1n) is 7.99. The minimum atomic E-state index is -3.58. The molecule has 0 unspecified atom stereocenters. The van der Waals surface area contributed by atoms with Gasteiger partial charge in [-0.2, -0.15) is 4.31 Å². The molecule has 0 spiro atoms. The first-order valence-corrected chi connectivity index (χ1v) is 9.84. The van der Waals surface area contributed by atoms with Crippen molar-refractivity contribution in [2.24, 2.45) is 0 Å². The maximum absolute atomic E-state index is 13.2. The van der Waals surface area contributed by atoms with E-state index in [1.54, 1.807) is 0 Å². The summed E-state index contributed by atoms with van der Waals surface area (Å²) in [5, 5.41) is 2.37. The van der Waals surface area contributed by atoms with Gasteiger partial charge in [-0.25, -0.2) is 17.2 Å². The highest BCUT2D eigenvalue weighted by molar-refractivity contribution is 7.88. The van der Waals surface area contributed by atoms with Gasteiger partial charge in [-0.05, 0) is 30.5 Å². The Morgan fingerprint density at radius 1 is 1.08 bits per heavy atom. The number of anilines is 1. The van der Waals surface area contributed by atoms with E-state index in [0.717, 1.165) is 28.3 Å². The van der Waals surface area contributed by atoms with E-state index < -0.39 is 34.1 Å². The smallest absolute Gasteiger partial charge is 0.239 e. The minimum Gasteiger partial charge on any atom is -0.325 e. The molecule has 0 bridgehead atoms. The first-order chi connectivity index (χ1) is 12.3. The largest absolute Gasteiger partial charge is 0.325 e. The summed E-state index contributed by atoms with van der Waals surface area (Å²) >= 11 is 0. The lowest BCUT2D eigenvalue weighted by molar-refractivity contribution is -0.116. The molecule has 1 N–H and O–H groups in total. The van der Waals surface area contributed by atoms with Crippen LogP contribution in [0, 0.1) is 11.6 Å². The molecule has 8 heteroatoms. The predicted octanol–water partition coefficient (Wildman–Crippen LogP) is 2.80. The highest BCUT2D eigenvalue weighted by atomic mass is 32.2. The number of sulfonamides is 1. The van der Waals surface area contributed by atoms with Crippen molar-refractivity contribution in [3.05, 3.63) is 65.7 Å². The summed E-state index contributed by atoms with van der Waals surface area (Å²) in [4.78, 5) is 12.1. The summed E-state index contributed by atoms with van der Waals surface area (Å²) in [5.41, 5.74) is 1.14. The lowest BCUT2D eigenvalue weighted by atomic mass is 10.1. The Bertz CT molecular complexity index is 858. The van der Waals surface area contributed by atoms with Crippen LogP contribution >= 0.6 is 0 Å². The van der Waals surface area contributed by atoms with Gasteiger partial charge in [0.15, 0.2) is 11.6 Å². The summed E-state index contributed by atoms with van der Waals surface area (Å²) in [6.45, 7) is -0.217. The first kappa shape index (κ1) is 20.0. The highest BCUT2D eigenvalue weighted by Gasteiger charge is 2.20. The molecule has 26 heavy (non-hydrogen) atoms. The standard InChI is InChI=1S/C18H20F2N2O3S/c1-26(24,25)22(11-5-8-14-6-3-2-4-7-14)13-18(23)21-15-9-10-16(19)17(20)12-15/h2-4,6-7,9-10,12H,5,8,11,13H2,1H3,(H,21,23). The zero-order valence-corrected chi connectivity index (χ0v) is 15.1. The van der Waals surface area contributed by atoms with Crippen LogP contribution < -0.4 is 5.32 Å². The third-order valence-electron chi connectivity index (χ3n) is 3.71. The Morgan fingerprint density at radius 2 is 1.77 bits per heavy atom. The van der Waals surface area contributed by atoms with Gasteiger partial charge in [0.25, 0.3) is 0 Å². The third-order valence-corrected chi connectivity index (χ3v) is 4.96. The van der Waals surface area contributed by atoms with Crippen LogP contribution in [0.3, 0.4) is 0 Å². The van der Waals surface area contributed by atoms with Crippen molar-refractivity contribution in [2.75, 3.05) is 24.7 Å². The summed E-state index contributed by atoms with van der Waals surface area (Å²) in [6.07, 6.45) is 2.26. The average molecular weight is 382 g/mol. The normalized spacial score (nSPS) is 11.5. The molecule has 0 aromatic heterocycles. The molecule has 0 saturated carbocycles. The van der Waals surface area contributed by atoms with Crippen molar-refractivity contribution in [3.63, 3.8) is 0 Å². The number of amides is 1. The van der Waals surface area contributed by atoms with Crippen LogP contribution in [0.4, 0.5) is 14.5 Å². The second-order valence-electron chi connectivity index (χ2n) is 5.86. The molecule has 2 aromatic carbocycles. The van der Waals surface area contributed by atoms with Gasteiger partial charge in [0.2, 0.25) is 15.9 Å². The van der Waals surface area contributed by atoms with E-state index in [-0.39, 0.29) is 12.2 Å². The molecule has 0 atom stereocenters. The van der Waals surface area contributed by atoms with Gasteiger partial charge in [-0.1, -0.05) is 30.3 Å². The van der Waals surface area contributed by atoms with Crippen molar-refractivity contribution in [1.82, 2.24) is 4.31 Å². The van der Waals surface area contributed by atoms with Crippen LogP contribution in [-0.4, -0.2) is 38.0 Å². The van der Waals surface area contributed by atoms with E-state index in [1.165, 1.54) is 6.07 Å². The van der Waals surface area contributed by atoms with Crippen LogP contribution in [0.15, 0.2) is 48.5 Å². The van der Waals surface area contributed by atoms with Gasteiger partial charge >= 0.3 is 0 Å². The molecule has 0 heterocycles. The SMILES string of the molecule is CS(=O)(=O)N(CCCc1ccccc1)CC(=O)Nc1ccc(F)c(F)c1. The number of nitrogens with one attached hydrogen (secondary N) is 1. The molecule has 140 valence electrons. The Morgan fingerprint density at radius 3 is 2.38 bits per heavy atom. The molecule has 0 aliphatic rings. The number of carbonyl (C=O) groups excluding carboxylic acids is 1. The molecule has 0 radical (unpaired) electrons. The Labute approximate surface area is 151 Å². The molecule has 0 aliphatic carbocycles. The van der Waals surface area contributed by atoms with Crippen molar-refractivity contribution < 1.29 is 22.0 Å². The number of halogens is 2. The number of hydrogen-bond donors (Lipinski definition) is 1. The lowest BCUT2D eigenvalue weighted by Crippen LogP contribution is -2.38. The summed E-state index contributed by atoms with van der Waals surface area (Å²) in [5.74, 6) is -2.74. The van der Waals surface area contributed by atoms with E-state index in [2.05, 4.69) is 5.32 Å². The van der Waals surface area contributed by atoms with E-state index >= 15 is 0 Å². The second-order valence-corrected chi connectivity index (χ2v) is 7.85. The molecular formula is C18H20F2N2O3S. The molecule has 0 fully saturated rings. The van der Waals surface area contributed by atoms with Crippen molar-refractivity contribution in [3.8, 4) is 0 Å². The fraction of sp³-hybridized carbons (Fsp3) is 0.278. The Balaban J connectivity index is 1.94. The number of nitrogens with zero attached hydrogens (tertiary/aromatic N) is 1. The van der Waals surface area contributed by atoms with Gasteiger partial charge in [0.1, 0.15) is 0 Å². The van der Waals surface area contributed by atoms with E-state index in [0.29, 0.717) is 12.8 Å². The predicted molar refractivity (Wildman–Crippen MR) is 96.2 cm³/mol. The zero-order valence-electron chi connectivity index (χ0n) is 14.3. The maximum atomic E-state index is 13.2. The van der Waals surface area contributed by atoms with Crippen molar-refractivity contribution >= 4 is 21.6 Å². The fourth-order valence-electron chi connectivity index (χ4n) is 2.40. The summed E-state index contributed by atoms with van der Waals surface area (Å²) < 4.78 is 50.9. The maximum Gasteiger partial charge on any atom is 0.239 e. The average Bonchev–Trinajstić information content (AvgIpc) is 2.57. The minimum absolute atomic E-state index is 0.0617. The number of aryl methyl sites for hydroxylation is 1. The van der Waals surface area contributed by atoms with E-state index in [4.69, 9.17) is 0 Å². The van der Waals surface area contributed by atoms with E-state index in [9.17, 15) is 22.0 Å². The fourth-order valence-corrected chi connectivity index (χ4v) is 3.21. The van der Waals surface area contributed by atoms with Gasteiger partial charge in [0, 0.05) is 18.3 Å². The molecule has 2 rings (SSSR count). The third kappa shape index (κ3) is 6.20. The number of carbonyl (C=O) groups is 1. The lowest BCUT2D eigenvalue weighted by Gasteiger charge is -2.19. The van der Waals surface area contributed by atoms with Gasteiger partial charge in [0.05, 0.1) is 12.8 Å². The molecule has 0 aliphatic heterocycles. The molecule has 0 saturated heterocycles. The number of hydrogen-bond acceptors (Lipinski definition) is 3. The zero-order chi connectivity index (χ0) is 19.2. The monoisotopic (exact) mass is 382 g/mol. The topological polar surface area (TPSA) is 66.5 Å². The second kappa shape index (κ2) is 8.86. The summed E-state index contributed by atoms with van der Waals surface area (Å²) in [7, 11) is -3.58. The molecular weight excluding hydrogens is 362 g/mol. The van der Waals surface area contributed by atoms with E-state index in [1.807, 2.05) is 30.3 Å². The quantitative estimate of drug-likeness (QED) is 0.764. The molecule has 2 aromatic rings. The van der Waals surface area contributed by atoms with Gasteiger partial charge in [-0.3, -0.25) is 4.79 Å². The van der Waals surface area contributed by atoms with Crippen LogP contribution in [0.5, 0.6) is 0 Å². The molecule has 5 nitrogen and oxygen atoms in total. The van der Waals surface area contributed by atoms with Gasteiger partial charge < -0.3 is 5.32 Å². The number of rotatable bonds is 8. The van der Waals surface area contributed by atoms with Gasteiger partial charge in [-0.15, -0.1) is 0 Å². The van der Waals surface area contributed by atoms with Crippen molar-refractivity contribution in [2.45, 2.75) is 12.8 Å². The molecule has 1 amide bonds. The van der Waals surface area contributed by atoms with Crippen molar-refractivity contribution in [1.29, 1.82) is 0 Å². The summed E-state index contributed by atoms with van der Waals surface area (Å²) in [6, 6.07) is 12.5. The van der Waals surface area contributed by atoms with Crippen LogP contribution in [0.1, 0.15) is 12.0 Å². The number of benzene rings is 2. The Hall–Kier alpha value is -2.32. The highest BCUT2D eigenvalue weighted by Crippen LogP contribution is 2.13.